The van der Waals surface area contributed by atoms with Crippen LogP contribution in [0.4, 0.5) is 5.69 Å². The Labute approximate surface area is 158 Å². The van der Waals surface area contributed by atoms with Crippen LogP contribution in [0, 0.1) is 5.41 Å². The van der Waals surface area contributed by atoms with Crippen LogP contribution >= 0.6 is 0 Å². The second-order valence-corrected chi connectivity index (χ2v) is 9.46. The summed E-state index contributed by atoms with van der Waals surface area (Å²) in [5.41, 5.74) is 0.435. The van der Waals surface area contributed by atoms with E-state index in [0.717, 1.165) is 0 Å². The van der Waals surface area contributed by atoms with E-state index in [9.17, 15) is 18.0 Å². The first-order valence-corrected chi connectivity index (χ1v) is 10.1. The molecule has 142 valence electrons. The molecule has 2 aromatic carbocycles. The van der Waals surface area contributed by atoms with Crippen LogP contribution in [-0.4, -0.2) is 27.2 Å². The molecule has 1 amide bonds. The Kier molecular flexibility index (Phi) is 4.59. The van der Waals surface area contributed by atoms with Crippen molar-refractivity contribution >= 4 is 27.2 Å². The zero-order valence-electron chi connectivity index (χ0n) is 15.6. The van der Waals surface area contributed by atoms with Crippen molar-refractivity contribution in [1.82, 2.24) is 0 Å². The molecule has 0 spiro atoms. The van der Waals surface area contributed by atoms with E-state index in [2.05, 4.69) is 5.32 Å². The number of fused-ring (bicyclic) bond motifs is 2. The highest BCUT2D eigenvalue weighted by Gasteiger charge is 2.33. The number of sulfone groups is 1. The summed E-state index contributed by atoms with van der Waals surface area (Å²) in [6.07, 6.45) is 0. The summed E-state index contributed by atoms with van der Waals surface area (Å²) in [4.78, 5) is 25.2. The fraction of sp³-hybridized carbons (Fsp3) is 0.300. The quantitative estimate of drug-likeness (QED) is 0.855. The fourth-order valence-electron chi connectivity index (χ4n) is 2.91. The highest BCUT2D eigenvalue weighted by molar-refractivity contribution is 7.90. The molecule has 0 radical (unpaired) electrons. The first kappa shape index (κ1) is 19.1. The largest absolute Gasteiger partial charge is 0.496 e. The van der Waals surface area contributed by atoms with E-state index in [0.29, 0.717) is 17.0 Å². The van der Waals surface area contributed by atoms with Crippen LogP contribution in [0.15, 0.2) is 41.3 Å². The molecule has 3 rings (SSSR count). The molecule has 6 nitrogen and oxygen atoms in total. The fourth-order valence-corrected chi connectivity index (χ4v) is 4.51. The Hall–Kier alpha value is -2.67. The maximum atomic E-state index is 13.1. The lowest BCUT2D eigenvalue weighted by molar-refractivity contribution is -0.123. The summed E-state index contributed by atoms with van der Waals surface area (Å²) in [5.74, 6) is -0.628. The van der Waals surface area contributed by atoms with Gasteiger partial charge in [0.1, 0.15) is 5.75 Å². The number of nitrogens with one attached hydrogen (secondary N) is 1. The summed E-state index contributed by atoms with van der Waals surface area (Å²) in [6, 6.07) is 9.23. The number of carbonyl (C=O) groups excluding carboxylic acids is 2. The molecule has 0 atom stereocenters. The molecule has 0 aliphatic carbocycles. The molecule has 1 heterocycles. The van der Waals surface area contributed by atoms with Crippen molar-refractivity contribution in [3.63, 3.8) is 0 Å². The smallest absolute Gasteiger partial charge is 0.229 e. The van der Waals surface area contributed by atoms with Gasteiger partial charge in [0.15, 0.2) is 15.6 Å². The molecule has 0 fully saturated rings. The van der Waals surface area contributed by atoms with Crippen molar-refractivity contribution in [3.05, 3.63) is 53.1 Å². The van der Waals surface area contributed by atoms with Crippen molar-refractivity contribution in [2.45, 2.75) is 31.4 Å². The Bertz CT molecular complexity index is 1050. The Balaban J connectivity index is 2.15. The molecular formula is C20H21NO5S. The van der Waals surface area contributed by atoms with Gasteiger partial charge in [0.25, 0.3) is 0 Å². The first-order chi connectivity index (χ1) is 12.5. The molecule has 0 aromatic heterocycles. The maximum absolute atomic E-state index is 13.1. The van der Waals surface area contributed by atoms with Gasteiger partial charge in [0, 0.05) is 16.7 Å². The number of methoxy groups -OCH3 is 1. The van der Waals surface area contributed by atoms with Crippen LogP contribution in [0.1, 0.15) is 42.3 Å². The van der Waals surface area contributed by atoms with E-state index in [-0.39, 0.29) is 27.7 Å². The summed E-state index contributed by atoms with van der Waals surface area (Å²) in [5, 5.41) is 2.71. The van der Waals surface area contributed by atoms with Gasteiger partial charge in [-0.3, -0.25) is 9.59 Å². The second kappa shape index (κ2) is 6.49. The highest BCUT2D eigenvalue weighted by Crippen LogP contribution is 2.35. The molecule has 1 aliphatic rings. The molecule has 7 heteroatoms. The van der Waals surface area contributed by atoms with Gasteiger partial charge in [0.2, 0.25) is 5.91 Å². The monoisotopic (exact) mass is 387 g/mol. The van der Waals surface area contributed by atoms with Gasteiger partial charge < -0.3 is 10.1 Å². The maximum Gasteiger partial charge on any atom is 0.229 e. The van der Waals surface area contributed by atoms with Crippen LogP contribution in [0.25, 0.3) is 0 Å². The van der Waals surface area contributed by atoms with Gasteiger partial charge in [-0.05, 0) is 29.8 Å². The van der Waals surface area contributed by atoms with Crippen molar-refractivity contribution in [1.29, 1.82) is 0 Å². The van der Waals surface area contributed by atoms with Gasteiger partial charge >= 0.3 is 0 Å². The van der Waals surface area contributed by atoms with Gasteiger partial charge in [-0.25, -0.2) is 8.42 Å². The van der Waals surface area contributed by atoms with Gasteiger partial charge in [-0.15, -0.1) is 0 Å². The summed E-state index contributed by atoms with van der Waals surface area (Å²) in [7, 11) is -2.33. The van der Waals surface area contributed by atoms with Crippen LogP contribution in [0.5, 0.6) is 5.75 Å². The number of hydrogen-bond acceptors (Lipinski definition) is 5. The molecule has 2 aromatic rings. The molecule has 1 N–H and O–H groups in total. The Morgan fingerprint density at radius 3 is 2.48 bits per heavy atom. The van der Waals surface area contributed by atoms with E-state index in [1.54, 1.807) is 39.0 Å². The summed E-state index contributed by atoms with van der Waals surface area (Å²) < 4.78 is 31.1. The van der Waals surface area contributed by atoms with Crippen LogP contribution in [0.2, 0.25) is 0 Å². The van der Waals surface area contributed by atoms with Crippen molar-refractivity contribution in [3.8, 4) is 5.75 Å². The van der Waals surface area contributed by atoms with E-state index < -0.39 is 21.0 Å². The number of ketones is 1. The van der Waals surface area contributed by atoms with Crippen molar-refractivity contribution < 1.29 is 22.7 Å². The zero-order chi connectivity index (χ0) is 20.0. The first-order valence-electron chi connectivity index (χ1n) is 8.43. The molecule has 0 unspecified atom stereocenters. The molecule has 27 heavy (non-hydrogen) atoms. The van der Waals surface area contributed by atoms with Crippen LogP contribution in [0.3, 0.4) is 0 Å². The minimum Gasteiger partial charge on any atom is -0.496 e. The molecule has 1 aliphatic heterocycles. The van der Waals surface area contributed by atoms with E-state index >= 15 is 0 Å². The Morgan fingerprint density at radius 2 is 1.85 bits per heavy atom. The number of ether oxygens (including phenoxy) is 1. The van der Waals surface area contributed by atoms with Crippen LogP contribution in [-0.2, 0) is 20.4 Å². The standard InChI is InChI=1S/C20H21NO5S/c1-20(2,3)19(23)21-13-8-9-14-16(10-13)27(24,25)11-12-6-5-7-15(26-4)17(12)18(14)22/h5-10H,11H2,1-4H3,(H,21,23). The third-order valence-electron chi connectivity index (χ3n) is 4.41. The molecule has 0 bridgehead atoms. The number of rotatable bonds is 2. The highest BCUT2D eigenvalue weighted by atomic mass is 32.2. The second-order valence-electron chi connectivity index (χ2n) is 7.50. The molecule has 0 saturated heterocycles. The number of benzene rings is 2. The minimum atomic E-state index is -3.77. The average molecular weight is 387 g/mol. The zero-order valence-corrected chi connectivity index (χ0v) is 16.4. The van der Waals surface area contributed by atoms with Gasteiger partial charge in [0.05, 0.1) is 23.3 Å². The van der Waals surface area contributed by atoms with Crippen molar-refractivity contribution in [2.24, 2.45) is 5.41 Å². The third-order valence-corrected chi connectivity index (χ3v) is 6.10. The number of amides is 1. The minimum absolute atomic E-state index is 0.0759. The molecule has 0 saturated carbocycles. The summed E-state index contributed by atoms with van der Waals surface area (Å²) in [6.45, 7) is 5.28. The lowest BCUT2D eigenvalue weighted by atomic mass is 9.95. The van der Waals surface area contributed by atoms with Crippen molar-refractivity contribution in [2.75, 3.05) is 12.4 Å². The third kappa shape index (κ3) is 3.47. The normalized spacial score (nSPS) is 15.3. The van der Waals surface area contributed by atoms with E-state index in [4.69, 9.17) is 4.74 Å². The predicted octanol–water partition coefficient (Wildman–Crippen LogP) is 3.20. The van der Waals surface area contributed by atoms with Gasteiger partial charge in [-0.2, -0.15) is 0 Å². The number of hydrogen-bond donors (Lipinski definition) is 1. The predicted molar refractivity (Wildman–Crippen MR) is 102 cm³/mol. The Morgan fingerprint density at radius 1 is 1.15 bits per heavy atom. The lowest BCUT2D eigenvalue weighted by Crippen LogP contribution is -2.27. The van der Waals surface area contributed by atoms with E-state index in [1.165, 1.54) is 25.3 Å². The SMILES string of the molecule is COc1cccc2c1C(=O)c1ccc(NC(=O)C(C)(C)C)cc1S(=O)(=O)C2. The average Bonchev–Trinajstić information content (AvgIpc) is 2.67. The summed E-state index contributed by atoms with van der Waals surface area (Å²) >= 11 is 0. The topological polar surface area (TPSA) is 89.5 Å². The lowest BCUT2D eigenvalue weighted by Gasteiger charge is -2.18. The number of carbonyl (C=O) groups is 2. The molecular weight excluding hydrogens is 366 g/mol. The van der Waals surface area contributed by atoms with E-state index in [1.807, 2.05) is 0 Å². The number of anilines is 1. The van der Waals surface area contributed by atoms with Gasteiger partial charge in [-0.1, -0.05) is 32.9 Å². The van der Waals surface area contributed by atoms with Crippen LogP contribution < -0.4 is 10.1 Å².